The number of methoxy groups -OCH3 is 1. The van der Waals surface area contributed by atoms with Crippen molar-refractivity contribution in [3.05, 3.63) is 29.7 Å². The van der Waals surface area contributed by atoms with Crippen molar-refractivity contribution in [2.75, 3.05) is 20.2 Å². The third-order valence-corrected chi connectivity index (χ3v) is 5.55. The minimum absolute atomic E-state index is 0.0323. The van der Waals surface area contributed by atoms with E-state index in [1.54, 1.807) is 30.8 Å². The topological polar surface area (TPSA) is 90.4 Å². The molecule has 1 unspecified atom stereocenters. The maximum Gasteiger partial charge on any atom is 0.212 e. The molecule has 3 N–H and O–H groups in total. The molecule has 0 bridgehead atoms. The molecule has 7 nitrogen and oxygen atoms in total. The van der Waals surface area contributed by atoms with Crippen molar-refractivity contribution < 1.29 is 4.74 Å². The number of nitrogens with zero attached hydrogens (tertiary/aromatic N) is 4. The van der Waals surface area contributed by atoms with Gasteiger partial charge in [0.05, 0.1) is 31.2 Å². The minimum Gasteiger partial charge on any atom is -0.495 e. The highest BCUT2D eigenvalue weighted by Crippen LogP contribution is 2.32. The van der Waals surface area contributed by atoms with Gasteiger partial charge >= 0.3 is 0 Å². The molecule has 1 atom stereocenters. The molecule has 1 aliphatic heterocycles. The van der Waals surface area contributed by atoms with Crippen molar-refractivity contribution in [2.45, 2.75) is 18.9 Å². The molecule has 8 heteroatoms. The summed E-state index contributed by atoms with van der Waals surface area (Å²) in [6, 6.07) is 1.90. The Morgan fingerprint density at radius 2 is 2.17 bits per heavy atom. The van der Waals surface area contributed by atoms with Gasteiger partial charge in [-0.25, -0.2) is 9.50 Å². The Morgan fingerprint density at radius 3 is 2.96 bits per heavy atom. The summed E-state index contributed by atoms with van der Waals surface area (Å²) in [4.78, 5) is 9.55. The quantitative estimate of drug-likeness (QED) is 0.751. The Hall–Kier alpha value is -2.03. The second kappa shape index (κ2) is 6.46. The first-order valence-electron chi connectivity index (χ1n) is 8.06. The van der Waals surface area contributed by atoms with E-state index in [2.05, 4.69) is 15.3 Å². The first-order valence-corrected chi connectivity index (χ1v) is 8.88. The van der Waals surface area contributed by atoms with E-state index < -0.39 is 0 Å². The predicted octanol–water partition coefficient (Wildman–Crippen LogP) is 1.86. The van der Waals surface area contributed by atoms with E-state index in [1.807, 2.05) is 16.8 Å². The second-order valence-corrected chi connectivity index (χ2v) is 6.99. The van der Waals surface area contributed by atoms with Crippen molar-refractivity contribution in [3.63, 3.8) is 0 Å². The van der Waals surface area contributed by atoms with Crippen LogP contribution in [-0.4, -0.2) is 39.8 Å². The van der Waals surface area contributed by atoms with Gasteiger partial charge in [-0.1, -0.05) is 11.3 Å². The molecule has 0 radical (unpaired) electrons. The molecular formula is C16H20N6OS. The van der Waals surface area contributed by atoms with E-state index in [-0.39, 0.29) is 6.04 Å². The van der Waals surface area contributed by atoms with Gasteiger partial charge in [-0.05, 0) is 37.9 Å². The number of nitrogens with two attached hydrogens (primary N) is 1. The van der Waals surface area contributed by atoms with Crippen LogP contribution in [0.4, 0.5) is 0 Å². The summed E-state index contributed by atoms with van der Waals surface area (Å²) in [6.45, 7) is 2.06. The van der Waals surface area contributed by atoms with E-state index in [4.69, 9.17) is 15.6 Å². The molecule has 24 heavy (non-hydrogen) atoms. The standard InChI is InChI=1S/C16H20N6OS/c1-23-12-6-11(7-19-8-12)13-9-20-16-22(13)21-15(24-16)14(17)10-2-4-18-5-3-10/h6-10,14,18H,2-5,17H2,1H3. The highest BCUT2D eigenvalue weighted by atomic mass is 32.1. The van der Waals surface area contributed by atoms with Crippen LogP contribution in [0, 0.1) is 5.92 Å². The van der Waals surface area contributed by atoms with Gasteiger partial charge in [-0.3, -0.25) is 4.98 Å². The third-order valence-electron chi connectivity index (χ3n) is 4.52. The molecule has 1 aliphatic rings. The number of fused-ring (bicyclic) bond motifs is 1. The van der Waals surface area contributed by atoms with Crippen molar-refractivity contribution in [1.82, 2.24) is 24.9 Å². The van der Waals surface area contributed by atoms with Gasteiger partial charge in [0.1, 0.15) is 10.8 Å². The molecular weight excluding hydrogens is 324 g/mol. The largest absolute Gasteiger partial charge is 0.495 e. The molecule has 126 valence electrons. The van der Waals surface area contributed by atoms with Gasteiger partial charge in [-0.2, -0.15) is 5.10 Å². The number of hydrogen-bond donors (Lipinski definition) is 2. The summed E-state index contributed by atoms with van der Waals surface area (Å²) >= 11 is 1.57. The summed E-state index contributed by atoms with van der Waals surface area (Å²) in [7, 11) is 1.63. The van der Waals surface area contributed by atoms with E-state index in [1.165, 1.54) is 0 Å². The fourth-order valence-corrected chi connectivity index (χ4v) is 4.08. The smallest absolute Gasteiger partial charge is 0.212 e. The van der Waals surface area contributed by atoms with Crippen molar-refractivity contribution in [1.29, 1.82) is 0 Å². The van der Waals surface area contributed by atoms with Gasteiger partial charge in [0.25, 0.3) is 0 Å². The van der Waals surface area contributed by atoms with Gasteiger partial charge in [0.2, 0.25) is 4.96 Å². The van der Waals surface area contributed by atoms with E-state index in [0.717, 1.165) is 47.2 Å². The second-order valence-electron chi connectivity index (χ2n) is 6.00. The zero-order valence-corrected chi connectivity index (χ0v) is 14.3. The molecule has 0 aromatic carbocycles. The zero-order chi connectivity index (χ0) is 16.5. The number of nitrogens with one attached hydrogen (secondary N) is 1. The van der Waals surface area contributed by atoms with Gasteiger partial charge in [-0.15, -0.1) is 0 Å². The number of pyridine rings is 1. The molecule has 0 aliphatic carbocycles. The van der Waals surface area contributed by atoms with Crippen molar-refractivity contribution >= 4 is 16.3 Å². The van der Waals surface area contributed by atoms with Gasteiger partial charge < -0.3 is 15.8 Å². The summed E-state index contributed by atoms with van der Waals surface area (Å²) in [5, 5.41) is 9.06. The fourth-order valence-electron chi connectivity index (χ4n) is 3.11. The van der Waals surface area contributed by atoms with Gasteiger partial charge in [0, 0.05) is 11.8 Å². The van der Waals surface area contributed by atoms with Crippen molar-refractivity contribution in [2.24, 2.45) is 11.7 Å². The predicted molar refractivity (Wildman–Crippen MR) is 93.2 cm³/mol. The Kier molecular flexibility index (Phi) is 4.17. The molecule has 3 aromatic rings. The first kappa shape index (κ1) is 15.5. The highest BCUT2D eigenvalue weighted by molar-refractivity contribution is 7.16. The lowest BCUT2D eigenvalue weighted by molar-refractivity contribution is 0.320. The summed E-state index contributed by atoms with van der Waals surface area (Å²) in [5.74, 6) is 1.19. The Morgan fingerprint density at radius 1 is 1.33 bits per heavy atom. The number of hydrogen-bond acceptors (Lipinski definition) is 7. The summed E-state index contributed by atoms with van der Waals surface area (Å²) < 4.78 is 7.11. The van der Waals surface area contributed by atoms with Crippen molar-refractivity contribution in [3.8, 4) is 17.0 Å². The van der Waals surface area contributed by atoms with Crippen LogP contribution >= 0.6 is 11.3 Å². The van der Waals surface area contributed by atoms with Crippen LogP contribution in [0.15, 0.2) is 24.7 Å². The Bertz CT molecular complexity index is 838. The molecule has 0 amide bonds. The average Bonchev–Trinajstić information content (AvgIpc) is 3.22. The van der Waals surface area contributed by atoms with Crippen LogP contribution in [0.5, 0.6) is 5.75 Å². The maximum atomic E-state index is 6.47. The van der Waals surface area contributed by atoms with Crippen LogP contribution < -0.4 is 15.8 Å². The normalized spacial score (nSPS) is 17.2. The lowest BCUT2D eigenvalue weighted by Gasteiger charge is -2.26. The number of rotatable bonds is 4. The average molecular weight is 344 g/mol. The molecule has 4 rings (SSSR count). The maximum absolute atomic E-state index is 6.47. The molecule has 1 saturated heterocycles. The Labute approximate surface area is 143 Å². The van der Waals surface area contributed by atoms with Crippen LogP contribution in [-0.2, 0) is 0 Å². The van der Waals surface area contributed by atoms with Crippen LogP contribution in [0.25, 0.3) is 16.2 Å². The number of aromatic nitrogens is 4. The van der Waals surface area contributed by atoms with Crippen LogP contribution in [0.1, 0.15) is 23.9 Å². The minimum atomic E-state index is -0.0323. The summed E-state index contributed by atoms with van der Waals surface area (Å²) in [6.07, 6.45) is 7.47. The lowest BCUT2D eigenvalue weighted by Crippen LogP contribution is -2.33. The van der Waals surface area contributed by atoms with E-state index in [0.29, 0.717) is 11.7 Å². The highest BCUT2D eigenvalue weighted by Gasteiger charge is 2.25. The SMILES string of the molecule is COc1cncc(-c2cnc3sc(C(N)C4CCNCC4)nn23)c1. The molecule has 3 aromatic heterocycles. The third kappa shape index (κ3) is 2.77. The zero-order valence-electron chi connectivity index (χ0n) is 13.5. The van der Waals surface area contributed by atoms with Gasteiger partial charge in [0.15, 0.2) is 0 Å². The fraction of sp³-hybridized carbons (Fsp3) is 0.438. The number of imidazole rings is 1. The Balaban J connectivity index is 1.67. The van der Waals surface area contributed by atoms with Crippen LogP contribution in [0.3, 0.4) is 0 Å². The molecule has 1 fully saturated rings. The number of piperidine rings is 1. The van der Waals surface area contributed by atoms with Crippen LogP contribution in [0.2, 0.25) is 0 Å². The summed E-state index contributed by atoms with van der Waals surface area (Å²) in [5.41, 5.74) is 8.30. The molecule has 0 spiro atoms. The first-order chi connectivity index (χ1) is 11.8. The monoisotopic (exact) mass is 344 g/mol. The molecule has 4 heterocycles. The lowest BCUT2D eigenvalue weighted by atomic mass is 9.91. The number of ether oxygens (including phenoxy) is 1. The van der Waals surface area contributed by atoms with E-state index in [9.17, 15) is 0 Å². The molecule has 0 saturated carbocycles. The van der Waals surface area contributed by atoms with E-state index >= 15 is 0 Å².